The van der Waals surface area contributed by atoms with Gasteiger partial charge in [0.05, 0.1) is 23.6 Å². The van der Waals surface area contributed by atoms with Crippen molar-refractivity contribution in [3.8, 4) is 11.4 Å². The highest BCUT2D eigenvalue weighted by Crippen LogP contribution is 2.27. The molecule has 0 aliphatic heterocycles. The molecule has 0 aliphatic rings. The fourth-order valence-electron chi connectivity index (χ4n) is 3.56. The number of H-pyrrole nitrogens is 1. The van der Waals surface area contributed by atoms with E-state index >= 15 is 0 Å². The number of carbonyl (C=O) groups is 2. The van der Waals surface area contributed by atoms with E-state index in [9.17, 15) is 9.59 Å². The van der Waals surface area contributed by atoms with Crippen LogP contribution in [-0.2, 0) is 11.3 Å². The van der Waals surface area contributed by atoms with Gasteiger partial charge in [-0.25, -0.2) is 4.79 Å². The first-order valence-corrected chi connectivity index (χ1v) is 11.4. The number of rotatable bonds is 9. The average Bonchev–Trinajstić information content (AvgIpc) is 3.27. The first kappa shape index (κ1) is 22.8. The molecule has 3 rings (SSSR count). The highest BCUT2D eigenvalue weighted by Gasteiger charge is 2.23. The maximum absolute atomic E-state index is 12.9. The second-order valence-corrected chi connectivity index (χ2v) is 8.33. The number of thioether (sulfide) groups is 1. The summed E-state index contributed by atoms with van der Waals surface area (Å²) in [7, 11) is 0. The molecule has 3 aromatic rings. The van der Waals surface area contributed by atoms with Gasteiger partial charge in [-0.2, -0.15) is 0 Å². The molecule has 0 aliphatic carbocycles. The zero-order chi connectivity index (χ0) is 22.5. The van der Waals surface area contributed by atoms with Crippen LogP contribution in [0.3, 0.4) is 0 Å². The summed E-state index contributed by atoms with van der Waals surface area (Å²) in [6.45, 7) is 10.5. The molecule has 1 aromatic carbocycles. The van der Waals surface area contributed by atoms with Gasteiger partial charge in [0.2, 0.25) is 0 Å². The highest BCUT2D eigenvalue weighted by atomic mass is 32.2. The van der Waals surface area contributed by atoms with Crippen molar-refractivity contribution in [2.45, 2.75) is 52.7 Å². The van der Waals surface area contributed by atoms with Crippen LogP contribution in [0.2, 0.25) is 0 Å². The lowest BCUT2D eigenvalue weighted by Gasteiger charge is -2.09. The van der Waals surface area contributed by atoms with E-state index in [1.165, 1.54) is 11.8 Å². The first-order valence-electron chi connectivity index (χ1n) is 10.4. The smallest absolute Gasteiger partial charge is 0.340 e. The van der Waals surface area contributed by atoms with E-state index in [0.29, 0.717) is 34.3 Å². The molecule has 0 fully saturated rings. The van der Waals surface area contributed by atoms with Crippen LogP contribution < -0.4 is 0 Å². The minimum absolute atomic E-state index is 0.0932. The van der Waals surface area contributed by atoms with Gasteiger partial charge in [0.1, 0.15) is 0 Å². The van der Waals surface area contributed by atoms with E-state index in [1.807, 2.05) is 25.1 Å². The molecule has 2 heterocycles. The van der Waals surface area contributed by atoms with Gasteiger partial charge in [-0.15, -0.1) is 10.2 Å². The largest absolute Gasteiger partial charge is 0.462 e. The van der Waals surface area contributed by atoms with E-state index in [2.05, 4.69) is 32.7 Å². The van der Waals surface area contributed by atoms with Crippen molar-refractivity contribution in [1.29, 1.82) is 0 Å². The zero-order valence-corrected chi connectivity index (χ0v) is 19.4. The number of aromatic nitrogens is 4. The van der Waals surface area contributed by atoms with Gasteiger partial charge in [0, 0.05) is 17.8 Å². The Labute approximate surface area is 186 Å². The minimum Gasteiger partial charge on any atom is -0.462 e. The van der Waals surface area contributed by atoms with Crippen molar-refractivity contribution in [2.24, 2.45) is 0 Å². The summed E-state index contributed by atoms with van der Waals surface area (Å²) in [6.07, 6.45) is 0.927. The van der Waals surface area contributed by atoms with Crippen LogP contribution in [0.25, 0.3) is 11.4 Å². The van der Waals surface area contributed by atoms with Gasteiger partial charge in [0.15, 0.2) is 16.8 Å². The van der Waals surface area contributed by atoms with Crippen LogP contribution in [0.1, 0.15) is 57.9 Å². The quantitative estimate of drug-likeness (QED) is 0.293. The van der Waals surface area contributed by atoms with E-state index in [1.54, 1.807) is 20.8 Å². The monoisotopic (exact) mass is 440 g/mol. The van der Waals surface area contributed by atoms with Crippen molar-refractivity contribution >= 4 is 23.5 Å². The summed E-state index contributed by atoms with van der Waals surface area (Å²) in [6, 6.07) is 8.15. The SMILES string of the molecule is CCCn1c(SCC(=O)c2[nH]c(C)c(C(=O)OCC)c2C)nnc1-c1cccc(C)c1. The van der Waals surface area contributed by atoms with Crippen molar-refractivity contribution < 1.29 is 14.3 Å². The molecule has 7 nitrogen and oxygen atoms in total. The number of nitrogens with zero attached hydrogens (tertiary/aromatic N) is 3. The number of carbonyl (C=O) groups excluding carboxylic acids is 2. The fourth-order valence-corrected chi connectivity index (χ4v) is 4.40. The van der Waals surface area contributed by atoms with Gasteiger partial charge in [-0.05, 0) is 45.7 Å². The van der Waals surface area contributed by atoms with Crippen LogP contribution >= 0.6 is 11.8 Å². The zero-order valence-electron chi connectivity index (χ0n) is 18.6. The number of Topliss-reactive ketones (excluding diaryl/α,β-unsaturated/α-hetero) is 1. The Morgan fingerprint density at radius 3 is 2.61 bits per heavy atom. The standard InChI is InChI=1S/C23H28N4O3S/c1-6-11-27-21(17-10-8-9-14(3)12-17)25-26-23(27)31-13-18(28)20-15(4)19(16(5)24-20)22(29)30-7-2/h8-10,12,24H,6-7,11,13H2,1-5H3. The Balaban J connectivity index is 1.81. The van der Waals surface area contributed by atoms with Gasteiger partial charge >= 0.3 is 5.97 Å². The van der Waals surface area contributed by atoms with Crippen molar-refractivity contribution in [3.63, 3.8) is 0 Å². The molecule has 0 radical (unpaired) electrons. The number of ether oxygens (including phenoxy) is 1. The molecule has 0 atom stereocenters. The van der Waals surface area contributed by atoms with Crippen LogP contribution in [0.5, 0.6) is 0 Å². The number of ketones is 1. The van der Waals surface area contributed by atoms with Gasteiger partial charge in [-0.1, -0.05) is 42.4 Å². The number of benzene rings is 1. The van der Waals surface area contributed by atoms with Gasteiger partial charge in [-0.3, -0.25) is 4.79 Å². The third-order valence-corrected chi connectivity index (χ3v) is 5.94. The normalized spacial score (nSPS) is 11.0. The Bertz CT molecular complexity index is 1100. The number of aromatic amines is 1. The summed E-state index contributed by atoms with van der Waals surface area (Å²) < 4.78 is 7.17. The molecular weight excluding hydrogens is 412 g/mol. The van der Waals surface area contributed by atoms with Gasteiger partial charge < -0.3 is 14.3 Å². The van der Waals surface area contributed by atoms with Crippen molar-refractivity contribution in [1.82, 2.24) is 19.7 Å². The topological polar surface area (TPSA) is 89.9 Å². The predicted octanol–water partition coefficient (Wildman–Crippen LogP) is 4.76. The third kappa shape index (κ3) is 4.90. The molecule has 1 N–H and O–H groups in total. The lowest BCUT2D eigenvalue weighted by atomic mass is 10.1. The second-order valence-electron chi connectivity index (χ2n) is 7.38. The molecule has 0 saturated heterocycles. The number of hydrogen-bond donors (Lipinski definition) is 1. The van der Waals surface area contributed by atoms with Crippen molar-refractivity contribution in [3.05, 3.63) is 52.3 Å². The Kier molecular flexibility index (Phi) is 7.33. The van der Waals surface area contributed by atoms with E-state index in [0.717, 1.165) is 29.9 Å². The molecular formula is C23H28N4O3S. The van der Waals surface area contributed by atoms with Crippen molar-refractivity contribution in [2.75, 3.05) is 12.4 Å². The molecule has 0 unspecified atom stereocenters. The Hall–Kier alpha value is -2.87. The summed E-state index contributed by atoms with van der Waals surface area (Å²) in [5.74, 6) is 0.492. The summed E-state index contributed by atoms with van der Waals surface area (Å²) in [5, 5.41) is 9.44. The summed E-state index contributed by atoms with van der Waals surface area (Å²) in [4.78, 5) is 28.2. The van der Waals surface area contributed by atoms with E-state index in [4.69, 9.17) is 4.74 Å². The average molecular weight is 441 g/mol. The summed E-state index contributed by atoms with van der Waals surface area (Å²) in [5.41, 5.74) is 4.30. The fraction of sp³-hybridized carbons (Fsp3) is 0.391. The summed E-state index contributed by atoms with van der Waals surface area (Å²) >= 11 is 1.36. The number of aryl methyl sites for hydroxylation is 2. The third-order valence-electron chi connectivity index (χ3n) is 4.97. The number of hydrogen-bond acceptors (Lipinski definition) is 6. The maximum atomic E-state index is 12.9. The maximum Gasteiger partial charge on any atom is 0.340 e. The minimum atomic E-state index is -0.411. The molecule has 164 valence electrons. The Morgan fingerprint density at radius 2 is 1.94 bits per heavy atom. The molecule has 8 heteroatoms. The van der Waals surface area contributed by atoms with Gasteiger partial charge in [0.25, 0.3) is 0 Å². The predicted molar refractivity (Wildman–Crippen MR) is 122 cm³/mol. The number of nitrogens with one attached hydrogen (secondary N) is 1. The second kappa shape index (κ2) is 9.96. The molecule has 0 spiro atoms. The first-order chi connectivity index (χ1) is 14.9. The van der Waals surface area contributed by atoms with Crippen LogP contribution in [0.4, 0.5) is 0 Å². The lowest BCUT2D eigenvalue weighted by Crippen LogP contribution is -2.09. The van der Waals surface area contributed by atoms with Crippen LogP contribution in [-0.4, -0.2) is 43.9 Å². The van der Waals surface area contributed by atoms with E-state index in [-0.39, 0.29) is 11.5 Å². The van der Waals surface area contributed by atoms with Crippen LogP contribution in [0, 0.1) is 20.8 Å². The molecule has 0 bridgehead atoms. The molecule has 2 aromatic heterocycles. The number of esters is 1. The lowest BCUT2D eigenvalue weighted by molar-refractivity contribution is 0.0525. The van der Waals surface area contributed by atoms with E-state index < -0.39 is 5.97 Å². The Morgan fingerprint density at radius 1 is 1.16 bits per heavy atom. The molecule has 31 heavy (non-hydrogen) atoms. The highest BCUT2D eigenvalue weighted by molar-refractivity contribution is 7.99. The molecule has 0 amide bonds. The molecule has 0 saturated carbocycles. The van der Waals surface area contributed by atoms with Crippen LogP contribution in [0.15, 0.2) is 29.4 Å².